The van der Waals surface area contributed by atoms with E-state index in [1.54, 1.807) is 0 Å². The smallest absolute Gasteiger partial charge is 0.744 e. The first kappa shape index (κ1) is 12.8. The zero-order valence-electron chi connectivity index (χ0n) is 8.10. The number of ether oxygens (including phenoxy) is 2. The van der Waals surface area contributed by atoms with Crippen molar-refractivity contribution in [1.82, 2.24) is 0 Å². The molecule has 1 aliphatic rings. The molecule has 76 valence electrons. The fourth-order valence-electron chi connectivity index (χ4n) is 1.18. The van der Waals surface area contributed by atoms with Gasteiger partial charge < -0.3 is 14.0 Å². The van der Waals surface area contributed by atoms with E-state index in [2.05, 4.69) is 0 Å². The molecule has 15 heavy (non-hydrogen) atoms. The van der Waals surface area contributed by atoms with Gasteiger partial charge in [-0.25, -0.2) is 8.42 Å². The molecule has 0 amide bonds. The Kier molecular flexibility index (Phi) is 4.02. The molecular weight excluding hydrogens is 231 g/mol. The van der Waals surface area contributed by atoms with E-state index in [1.807, 2.05) is 0 Å². The van der Waals surface area contributed by atoms with Crippen molar-refractivity contribution in [1.29, 1.82) is 0 Å². The van der Waals surface area contributed by atoms with Crippen molar-refractivity contribution in [3.05, 3.63) is 18.2 Å². The third-order valence-electron chi connectivity index (χ3n) is 1.80. The summed E-state index contributed by atoms with van der Waals surface area (Å²) in [5, 5.41) is 0. The molecule has 0 N–H and O–H groups in total. The van der Waals surface area contributed by atoms with E-state index >= 15 is 0 Å². The van der Waals surface area contributed by atoms with Gasteiger partial charge in [0, 0.05) is 6.07 Å². The number of fused-ring (bicyclic) bond motifs is 1. The normalized spacial score (nSPS) is 14.2. The van der Waals surface area contributed by atoms with Gasteiger partial charge in [0.25, 0.3) is 0 Å². The van der Waals surface area contributed by atoms with Gasteiger partial charge in [-0.1, -0.05) is 0 Å². The van der Waals surface area contributed by atoms with Crippen LogP contribution in [0.15, 0.2) is 23.1 Å². The molecule has 1 heterocycles. The zero-order chi connectivity index (χ0) is 10.2. The first-order valence-corrected chi connectivity index (χ1v) is 5.34. The van der Waals surface area contributed by atoms with E-state index in [0.29, 0.717) is 24.7 Å². The van der Waals surface area contributed by atoms with Crippen LogP contribution in [0.4, 0.5) is 0 Å². The second-order valence-electron chi connectivity index (χ2n) is 2.76. The third kappa shape index (κ3) is 2.85. The molecule has 0 aromatic heterocycles. The van der Waals surface area contributed by atoms with Gasteiger partial charge in [0.2, 0.25) is 0 Å². The Balaban J connectivity index is 0.00000112. The average molecular weight is 238 g/mol. The molecule has 0 radical (unpaired) electrons. The molecule has 2 rings (SSSR count). The van der Waals surface area contributed by atoms with Crippen LogP contribution in [0.3, 0.4) is 0 Å². The first-order chi connectivity index (χ1) is 6.57. The molecular formula is C8H7NaO5S. The molecule has 0 fully saturated rings. The topological polar surface area (TPSA) is 75.7 Å². The summed E-state index contributed by atoms with van der Waals surface area (Å²) in [7, 11) is -4.42. The van der Waals surface area contributed by atoms with Crippen molar-refractivity contribution in [3.63, 3.8) is 0 Å². The molecule has 1 aromatic rings. The zero-order valence-corrected chi connectivity index (χ0v) is 10.9. The molecule has 0 saturated heterocycles. The molecule has 0 unspecified atom stereocenters. The minimum Gasteiger partial charge on any atom is -0.744 e. The van der Waals surface area contributed by atoms with Crippen molar-refractivity contribution < 1.29 is 52.0 Å². The molecule has 0 bridgehead atoms. The average Bonchev–Trinajstić information content (AvgIpc) is 2.16. The van der Waals surface area contributed by atoms with Crippen molar-refractivity contribution >= 4 is 10.1 Å². The molecule has 1 aliphatic heterocycles. The van der Waals surface area contributed by atoms with E-state index in [-0.39, 0.29) is 34.5 Å². The summed E-state index contributed by atoms with van der Waals surface area (Å²) in [5.74, 6) is 0.761. The Morgan fingerprint density at radius 2 is 1.73 bits per heavy atom. The standard InChI is InChI=1S/C8H8O5S.Na/c9-14(10,11)6-1-2-7-8(5-6)13-4-3-12-7;/h1-2,5H,3-4H2,(H,9,10,11);/q;+1/p-1. The van der Waals surface area contributed by atoms with E-state index < -0.39 is 10.1 Å². The fourth-order valence-corrected chi connectivity index (χ4v) is 1.67. The number of rotatable bonds is 1. The molecule has 0 spiro atoms. The van der Waals surface area contributed by atoms with Crippen LogP contribution < -0.4 is 39.0 Å². The largest absolute Gasteiger partial charge is 1.00 e. The van der Waals surface area contributed by atoms with E-state index in [0.717, 1.165) is 0 Å². The minimum atomic E-state index is -4.42. The number of benzene rings is 1. The second kappa shape index (κ2) is 4.71. The van der Waals surface area contributed by atoms with Crippen LogP contribution in [0, 0.1) is 0 Å². The summed E-state index contributed by atoms with van der Waals surface area (Å²) >= 11 is 0. The molecule has 1 aromatic carbocycles. The van der Waals surface area contributed by atoms with Gasteiger partial charge in [0.05, 0.1) is 4.90 Å². The molecule has 0 atom stereocenters. The monoisotopic (exact) mass is 238 g/mol. The van der Waals surface area contributed by atoms with Crippen molar-refractivity contribution in [2.45, 2.75) is 4.90 Å². The third-order valence-corrected chi connectivity index (χ3v) is 2.63. The van der Waals surface area contributed by atoms with Crippen molar-refractivity contribution in [2.24, 2.45) is 0 Å². The van der Waals surface area contributed by atoms with Gasteiger partial charge in [-0.15, -0.1) is 0 Å². The van der Waals surface area contributed by atoms with E-state index in [9.17, 15) is 13.0 Å². The maximum Gasteiger partial charge on any atom is 1.00 e. The van der Waals surface area contributed by atoms with Crippen molar-refractivity contribution in [3.8, 4) is 11.5 Å². The predicted octanol–water partition coefficient (Wildman–Crippen LogP) is -2.63. The Morgan fingerprint density at radius 1 is 1.13 bits per heavy atom. The fraction of sp³-hybridized carbons (Fsp3) is 0.250. The van der Waals surface area contributed by atoms with Gasteiger partial charge in [-0.05, 0) is 12.1 Å². The SMILES string of the molecule is O=S(=O)([O-])c1ccc2c(c1)OCCO2.[Na+]. The van der Waals surface area contributed by atoms with Crippen LogP contribution >= 0.6 is 0 Å². The van der Waals surface area contributed by atoms with Gasteiger partial charge in [-0.2, -0.15) is 0 Å². The summed E-state index contributed by atoms with van der Waals surface area (Å²) in [6.07, 6.45) is 0. The minimum absolute atomic E-state index is 0. The van der Waals surface area contributed by atoms with Gasteiger partial charge in [0.15, 0.2) is 11.5 Å². The van der Waals surface area contributed by atoms with Crippen LogP contribution in [0.5, 0.6) is 11.5 Å². The Labute approximate surface area is 109 Å². The van der Waals surface area contributed by atoms with Gasteiger partial charge in [0.1, 0.15) is 23.3 Å². The summed E-state index contributed by atoms with van der Waals surface area (Å²) < 4.78 is 42.3. The maximum absolute atomic E-state index is 10.7. The van der Waals surface area contributed by atoms with Gasteiger partial charge in [-0.3, -0.25) is 0 Å². The molecule has 0 saturated carbocycles. The quantitative estimate of drug-likeness (QED) is 0.395. The van der Waals surface area contributed by atoms with Crippen LogP contribution in [0.25, 0.3) is 0 Å². The van der Waals surface area contributed by atoms with Crippen LogP contribution in [0.1, 0.15) is 0 Å². The maximum atomic E-state index is 10.7. The Bertz CT molecular complexity index is 456. The number of hydrogen-bond acceptors (Lipinski definition) is 5. The molecule has 0 aliphatic carbocycles. The summed E-state index contributed by atoms with van der Waals surface area (Å²) in [6, 6.07) is 3.80. The van der Waals surface area contributed by atoms with Crippen LogP contribution in [-0.4, -0.2) is 26.2 Å². The summed E-state index contributed by atoms with van der Waals surface area (Å²) in [4.78, 5) is -0.304. The first-order valence-electron chi connectivity index (χ1n) is 3.93. The number of hydrogen-bond donors (Lipinski definition) is 0. The van der Waals surface area contributed by atoms with Crippen LogP contribution in [-0.2, 0) is 10.1 Å². The van der Waals surface area contributed by atoms with Crippen LogP contribution in [0.2, 0.25) is 0 Å². The molecule has 7 heteroatoms. The van der Waals surface area contributed by atoms with E-state index in [4.69, 9.17) is 9.47 Å². The Morgan fingerprint density at radius 3 is 2.33 bits per heavy atom. The van der Waals surface area contributed by atoms with Gasteiger partial charge >= 0.3 is 29.6 Å². The predicted molar refractivity (Wildman–Crippen MR) is 45.4 cm³/mol. The summed E-state index contributed by atoms with van der Waals surface area (Å²) in [5.41, 5.74) is 0. The summed E-state index contributed by atoms with van der Waals surface area (Å²) in [6.45, 7) is 0.784. The van der Waals surface area contributed by atoms with E-state index in [1.165, 1.54) is 18.2 Å². The molecule has 5 nitrogen and oxygen atoms in total. The Hall–Kier alpha value is -0.270. The second-order valence-corrected chi connectivity index (χ2v) is 4.14. The van der Waals surface area contributed by atoms with Crippen molar-refractivity contribution in [2.75, 3.05) is 13.2 Å².